The molecule has 2 rings (SSSR count). The van der Waals surface area contributed by atoms with E-state index < -0.39 is 0 Å². The lowest BCUT2D eigenvalue weighted by atomic mass is 10.1. The van der Waals surface area contributed by atoms with E-state index in [2.05, 4.69) is 10.3 Å². The van der Waals surface area contributed by atoms with E-state index in [0.717, 1.165) is 5.69 Å². The highest BCUT2D eigenvalue weighted by molar-refractivity contribution is 5.51. The Morgan fingerprint density at radius 3 is 2.45 bits per heavy atom. The Bertz CT molecular complexity index is 550. The number of nitrogens with one attached hydrogen (secondary N) is 1. The van der Waals surface area contributed by atoms with Gasteiger partial charge in [0.25, 0.3) is 0 Å². The number of benzene rings is 1. The lowest BCUT2D eigenvalue weighted by Crippen LogP contribution is -2.07. The molecule has 1 aromatic heterocycles. The summed E-state index contributed by atoms with van der Waals surface area (Å²) in [6, 6.07) is 8.04. The minimum Gasteiger partial charge on any atom is -0.507 e. The molecule has 20 heavy (non-hydrogen) atoms. The van der Waals surface area contributed by atoms with Crippen LogP contribution < -0.4 is 10.1 Å². The Kier molecular flexibility index (Phi) is 4.30. The number of hydrogen-bond acceptors (Lipinski definition) is 5. The molecule has 0 fully saturated rings. The van der Waals surface area contributed by atoms with Crippen LogP contribution in [-0.2, 0) is 0 Å². The van der Waals surface area contributed by atoms with Gasteiger partial charge in [-0.15, -0.1) is 0 Å². The molecule has 0 bridgehead atoms. The number of phenols is 2. The van der Waals surface area contributed by atoms with E-state index in [9.17, 15) is 10.2 Å². The second-order valence-electron chi connectivity index (χ2n) is 4.39. The van der Waals surface area contributed by atoms with Gasteiger partial charge in [0.2, 0.25) is 5.88 Å². The van der Waals surface area contributed by atoms with Crippen LogP contribution in [0.3, 0.4) is 0 Å². The van der Waals surface area contributed by atoms with E-state index in [-0.39, 0.29) is 17.5 Å². The summed E-state index contributed by atoms with van der Waals surface area (Å²) < 4.78 is 5.27. The average molecular weight is 274 g/mol. The molecule has 0 aliphatic rings. The maximum Gasteiger partial charge on any atom is 0.213 e. The van der Waals surface area contributed by atoms with E-state index >= 15 is 0 Å². The van der Waals surface area contributed by atoms with Gasteiger partial charge < -0.3 is 20.3 Å². The van der Waals surface area contributed by atoms with Crippen LogP contribution in [0, 0.1) is 0 Å². The Hall–Kier alpha value is -2.43. The molecule has 0 aliphatic carbocycles. The van der Waals surface area contributed by atoms with E-state index in [1.54, 1.807) is 30.5 Å². The first-order valence-electron chi connectivity index (χ1n) is 6.48. The predicted molar refractivity (Wildman–Crippen MR) is 77.2 cm³/mol. The van der Waals surface area contributed by atoms with Crippen LogP contribution in [0.5, 0.6) is 17.4 Å². The molecule has 2 aromatic rings. The molecule has 1 heterocycles. The number of hydrogen-bond donors (Lipinski definition) is 3. The first-order valence-corrected chi connectivity index (χ1v) is 6.48. The van der Waals surface area contributed by atoms with Gasteiger partial charge in [0.05, 0.1) is 30.1 Å². The minimum atomic E-state index is -0.254. The Balaban J connectivity index is 2.13. The van der Waals surface area contributed by atoms with Crippen LogP contribution in [-0.4, -0.2) is 21.8 Å². The Labute approximate surface area is 117 Å². The van der Waals surface area contributed by atoms with Crippen molar-refractivity contribution in [2.75, 3.05) is 11.9 Å². The number of ether oxygens (including phenoxy) is 1. The van der Waals surface area contributed by atoms with Crippen LogP contribution in [0.15, 0.2) is 36.5 Å². The number of aromatic hydroxyl groups is 2. The SMILES string of the molecule is CCOc1ccc(NC(C)c2c(O)cccc2O)cn1. The van der Waals surface area contributed by atoms with Crippen molar-refractivity contribution in [3.63, 3.8) is 0 Å². The Morgan fingerprint density at radius 2 is 1.90 bits per heavy atom. The fourth-order valence-electron chi connectivity index (χ4n) is 2.01. The second kappa shape index (κ2) is 6.14. The van der Waals surface area contributed by atoms with Crippen molar-refractivity contribution in [1.29, 1.82) is 0 Å². The molecule has 5 heteroatoms. The summed E-state index contributed by atoms with van der Waals surface area (Å²) in [4.78, 5) is 4.15. The van der Waals surface area contributed by atoms with E-state index in [4.69, 9.17) is 4.74 Å². The third kappa shape index (κ3) is 3.12. The molecule has 0 saturated heterocycles. The smallest absolute Gasteiger partial charge is 0.213 e. The molecule has 0 radical (unpaired) electrons. The first-order chi connectivity index (χ1) is 9.61. The fourth-order valence-corrected chi connectivity index (χ4v) is 2.01. The van der Waals surface area contributed by atoms with Crippen molar-refractivity contribution in [3.05, 3.63) is 42.1 Å². The summed E-state index contributed by atoms with van der Waals surface area (Å²) in [5.74, 6) is 0.684. The predicted octanol–water partition coefficient (Wildman–Crippen LogP) is 3.06. The molecular formula is C15H18N2O3. The normalized spacial score (nSPS) is 11.9. The third-order valence-electron chi connectivity index (χ3n) is 2.90. The molecule has 1 aromatic carbocycles. The Morgan fingerprint density at radius 1 is 1.20 bits per heavy atom. The topological polar surface area (TPSA) is 74.6 Å². The van der Waals surface area contributed by atoms with Crippen molar-refractivity contribution in [1.82, 2.24) is 4.98 Å². The van der Waals surface area contributed by atoms with Gasteiger partial charge >= 0.3 is 0 Å². The molecule has 0 spiro atoms. The minimum absolute atomic E-state index is 0.0592. The number of nitrogens with zero attached hydrogens (tertiary/aromatic N) is 1. The maximum atomic E-state index is 9.82. The van der Waals surface area contributed by atoms with Crippen molar-refractivity contribution in [2.24, 2.45) is 0 Å². The molecule has 106 valence electrons. The van der Waals surface area contributed by atoms with E-state index in [0.29, 0.717) is 18.1 Å². The lowest BCUT2D eigenvalue weighted by Gasteiger charge is -2.18. The van der Waals surface area contributed by atoms with Gasteiger partial charge in [-0.2, -0.15) is 0 Å². The van der Waals surface area contributed by atoms with Crippen molar-refractivity contribution >= 4 is 5.69 Å². The summed E-state index contributed by atoms with van der Waals surface area (Å²) in [6.45, 7) is 4.32. The lowest BCUT2D eigenvalue weighted by molar-refractivity contribution is 0.327. The quantitative estimate of drug-likeness (QED) is 0.781. The second-order valence-corrected chi connectivity index (χ2v) is 4.39. The highest BCUT2D eigenvalue weighted by atomic mass is 16.5. The van der Waals surface area contributed by atoms with Gasteiger partial charge in [0, 0.05) is 6.07 Å². The third-order valence-corrected chi connectivity index (χ3v) is 2.90. The standard InChI is InChI=1S/C15H18N2O3/c1-3-20-14-8-7-11(9-16-14)17-10(2)15-12(18)5-4-6-13(15)19/h4-10,17-19H,3H2,1-2H3. The van der Waals surface area contributed by atoms with Crippen molar-refractivity contribution < 1.29 is 14.9 Å². The van der Waals surface area contributed by atoms with Gasteiger partial charge in [-0.3, -0.25) is 0 Å². The van der Waals surface area contributed by atoms with Crippen molar-refractivity contribution in [2.45, 2.75) is 19.9 Å². The van der Waals surface area contributed by atoms with E-state index in [1.807, 2.05) is 19.9 Å². The zero-order valence-corrected chi connectivity index (χ0v) is 11.5. The largest absolute Gasteiger partial charge is 0.507 e. The van der Waals surface area contributed by atoms with Gasteiger partial charge in [-0.05, 0) is 32.0 Å². The van der Waals surface area contributed by atoms with Gasteiger partial charge in [-0.1, -0.05) is 6.07 Å². The molecular weight excluding hydrogens is 256 g/mol. The summed E-state index contributed by atoms with van der Waals surface area (Å²) in [5.41, 5.74) is 1.24. The fraction of sp³-hybridized carbons (Fsp3) is 0.267. The number of pyridine rings is 1. The number of anilines is 1. The summed E-state index contributed by atoms with van der Waals surface area (Å²) in [6.07, 6.45) is 1.65. The molecule has 1 unspecified atom stereocenters. The highest BCUT2D eigenvalue weighted by Crippen LogP contribution is 2.34. The van der Waals surface area contributed by atoms with Gasteiger partial charge in [0.1, 0.15) is 11.5 Å². The highest BCUT2D eigenvalue weighted by Gasteiger charge is 2.14. The molecule has 1 atom stereocenters. The molecule has 3 N–H and O–H groups in total. The zero-order chi connectivity index (χ0) is 14.5. The van der Waals surface area contributed by atoms with Crippen LogP contribution in [0.25, 0.3) is 0 Å². The summed E-state index contributed by atoms with van der Waals surface area (Å²) in [5, 5.41) is 22.8. The average Bonchev–Trinajstić information content (AvgIpc) is 2.41. The van der Waals surface area contributed by atoms with Crippen LogP contribution in [0.4, 0.5) is 5.69 Å². The van der Waals surface area contributed by atoms with Crippen molar-refractivity contribution in [3.8, 4) is 17.4 Å². The zero-order valence-electron chi connectivity index (χ0n) is 11.5. The maximum absolute atomic E-state index is 9.82. The number of aromatic nitrogens is 1. The number of rotatable bonds is 5. The van der Waals surface area contributed by atoms with Crippen LogP contribution in [0.2, 0.25) is 0 Å². The molecule has 0 amide bonds. The van der Waals surface area contributed by atoms with Crippen LogP contribution in [0.1, 0.15) is 25.5 Å². The molecule has 0 aliphatic heterocycles. The summed E-state index contributed by atoms with van der Waals surface area (Å²) >= 11 is 0. The molecule has 5 nitrogen and oxygen atoms in total. The summed E-state index contributed by atoms with van der Waals surface area (Å²) in [7, 11) is 0. The first kappa shape index (κ1) is 14.0. The van der Waals surface area contributed by atoms with Gasteiger partial charge in [-0.25, -0.2) is 4.98 Å². The van der Waals surface area contributed by atoms with Gasteiger partial charge in [0.15, 0.2) is 0 Å². The monoisotopic (exact) mass is 274 g/mol. The van der Waals surface area contributed by atoms with Crippen LogP contribution >= 0.6 is 0 Å². The number of phenolic OH excluding ortho intramolecular Hbond substituents is 2. The van der Waals surface area contributed by atoms with E-state index in [1.165, 1.54) is 0 Å². The molecule has 0 saturated carbocycles.